The monoisotopic (exact) mass is 208 g/mol. The maximum atomic E-state index is 11.6. The van der Waals surface area contributed by atoms with E-state index in [1.54, 1.807) is 4.90 Å². The summed E-state index contributed by atoms with van der Waals surface area (Å²) in [4.78, 5) is 27.0. The number of Topliss-reactive ketones (excluding diaryl/α,β-unsaturated/α-hetero) is 1. The van der Waals surface area contributed by atoms with E-state index in [-0.39, 0.29) is 18.1 Å². The molecule has 3 rings (SSSR count). The first-order chi connectivity index (χ1) is 7.24. The predicted octanol–water partition coefficient (Wildman–Crippen LogP) is 0.0245. The highest BCUT2D eigenvalue weighted by atomic mass is 16.2. The minimum atomic E-state index is 0.0441. The first-order valence-corrected chi connectivity index (χ1v) is 5.79. The van der Waals surface area contributed by atoms with Gasteiger partial charge < -0.3 is 4.90 Å². The number of ketones is 1. The van der Waals surface area contributed by atoms with Gasteiger partial charge in [0.1, 0.15) is 0 Å². The fraction of sp³-hybridized carbons (Fsp3) is 0.818. The van der Waals surface area contributed by atoms with Crippen molar-refractivity contribution in [1.82, 2.24) is 9.80 Å². The Bertz CT molecular complexity index is 312. The van der Waals surface area contributed by atoms with Crippen LogP contribution in [0.5, 0.6) is 0 Å². The molecule has 3 fully saturated rings. The third-order valence-corrected chi connectivity index (χ3v) is 3.71. The molecule has 1 unspecified atom stereocenters. The second-order valence-corrected chi connectivity index (χ2v) is 4.91. The summed E-state index contributed by atoms with van der Waals surface area (Å²) in [6, 6.07) is 1.09. The van der Waals surface area contributed by atoms with Crippen LogP contribution in [0.4, 0.5) is 0 Å². The van der Waals surface area contributed by atoms with E-state index in [0.717, 1.165) is 25.6 Å². The molecule has 1 amide bonds. The molecule has 1 saturated carbocycles. The highest BCUT2D eigenvalue weighted by Crippen LogP contribution is 2.31. The molecule has 0 spiro atoms. The van der Waals surface area contributed by atoms with Crippen LogP contribution in [-0.2, 0) is 9.59 Å². The number of carbonyl (C=O) groups is 2. The van der Waals surface area contributed by atoms with Crippen molar-refractivity contribution in [3.05, 3.63) is 0 Å². The third-order valence-electron chi connectivity index (χ3n) is 3.71. The van der Waals surface area contributed by atoms with Crippen LogP contribution in [0.25, 0.3) is 0 Å². The van der Waals surface area contributed by atoms with Crippen LogP contribution < -0.4 is 0 Å². The molecule has 0 radical (unpaired) electrons. The van der Waals surface area contributed by atoms with E-state index in [1.807, 2.05) is 0 Å². The number of amides is 1. The Kier molecular flexibility index (Phi) is 2.06. The second-order valence-electron chi connectivity index (χ2n) is 4.91. The number of hydrogen-bond donors (Lipinski definition) is 0. The van der Waals surface area contributed by atoms with Crippen molar-refractivity contribution in [3.8, 4) is 0 Å². The maximum absolute atomic E-state index is 11.6. The van der Waals surface area contributed by atoms with Crippen LogP contribution in [0.3, 0.4) is 0 Å². The Morgan fingerprint density at radius 1 is 1.07 bits per heavy atom. The molecule has 0 aromatic heterocycles. The number of hydrogen-bond acceptors (Lipinski definition) is 3. The molecule has 0 N–H and O–H groups in total. The lowest BCUT2D eigenvalue weighted by molar-refractivity contribution is -0.129. The molecule has 3 aliphatic rings. The summed E-state index contributed by atoms with van der Waals surface area (Å²) >= 11 is 0. The Morgan fingerprint density at radius 3 is 2.47 bits per heavy atom. The van der Waals surface area contributed by atoms with Gasteiger partial charge in [-0.1, -0.05) is 0 Å². The summed E-state index contributed by atoms with van der Waals surface area (Å²) in [6.45, 7) is 2.46. The Balaban J connectivity index is 1.63. The first kappa shape index (κ1) is 9.33. The highest BCUT2D eigenvalue weighted by Gasteiger charge is 2.40. The quantitative estimate of drug-likeness (QED) is 0.601. The molecule has 2 aliphatic heterocycles. The Hall–Kier alpha value is -0.900. The van der Waals surface area contributed by atoms with Crippen molar-refractivity contribution < 1.29 is 9.59 Å². The lowest BCUT2D eigenvalue weighted by atomic mass is 10.2. The SMILES string of the molecule is O=C1CC(=O)N(C2CCN(C3CC3)C2)C1. The fourth-order valence-corrected chi connectivity index (χ4v) is 2.73. The molecule has 15 heavy (non-hydrogen) atoms. The molecule has 1 aliphatic carbocycles. The third kappa shape index (κ3) is 1.67. The molecular weight excluding hydrogens is 192 g/mol. The molecule has 0 aromatic carbocycles. The van der Waals surface area contributed by atoms with Gasteiger partial charge in [-0.2, -0.15) is 0 Å². The topological polar surface area (TPSA) is 40.6 Å². The number of nitrogens with zero attached hydrogens (tertiary/aromatic N) is 2. The standard InChI is InChI=1S/C11H16N2O2/c14-10-5-11(15)13(7-10)9-3-4-12(6-9)8-1-2-8/h8-9H,1-7H2. The van der Waals surface area contributed by atoms with Crippen molar-refractivity contribution in [2.24, 2.45) is 0 Å². The van der Waals surface area contributed by atoms with Crippen LogP contribution in [0.2, 0.25) is 0 Å². The van der Waals surface area contributed by atoms with E-state index in [0.29, 0.717) is 12.6 Å². The summed E-state index contributed by atoms with van der Waals surface area (Å²) in [7, 11) is 0. The van der Waals surface area contributed by atoms with Gasteiger partial charge >= 0.3 is 0 Å². The van der Waals surface area contributed by atoms with Crippen LogP contribution in [0, 0.1) is 0 Å². The van der Waals surface area contributed by atoms with E-state index in [4.69, 9.17) is 0 Å². The second kappa shape index (κ2) is 3.30. The molecule has 0 aromatic rings. The van der Waals surface area contributed by atoms with Crippen molar-refractivity contribution in [3.63, 3.8) is 0 Å². The summed E-state index contributed by atoms with van der Waals surface area (Å²) in [5.74, 6) is 0.132. The minimum absolute atomic E-state index is 0.0441. The van der Waals surface area contributed by atoms with Gasteiger partial charge in [0.15, 0.2) is 5.78 Å². The smallest absolute Gasteiger partial charge is 0.230 e. The van der Waals surface area contributed by atoms with E-state index < -0.39 is 0 Å². The molecule has 0 bridgehead atoms. The average Bonchev–Trinajstić information content (AvgIpc) is 2.83. The Labute approximate surface area is 89.2 Å². The molecule has 2 saturated heterocycles. The summed E-state index contributed by atoms with van der Waals surface area (Å²) < 4.78 is 0. The number of likely N-dealkylation sites (tertiary alicyclic amines) is 2. The molecule has 82 valence electrons. The highest BCUT2D eigenvalue weighted by molar-refractivity contribution is 6.05. The van der Waals surface area contributed by atoms with Crippen LogP contribution in [0.15, 0.2) is 0 Å². The first-order valence-electron chi connectivity index (χ1n) is 5.79. The van der Waals surface area contributed by atoms with Crippen molar-refractivity contribution >= 4 is 11.7 Å². The molecule has 4 nitrogen and oxygen atoms in total. The minimum Gasteiger partial charge on any atom is -0.331 e. The average molecular weight is 208 g/mol. The number of rotatable bonds is 2. The summed E-state index contributed by atoms with van der Waals surface area (Å²) in [5.41, 5.74) is 0. The van der Waals surface area contributed by atoms with E-state index in [1.165, 1.54) is 12.8 Å². The summed E-state index contributed by atoms with van der Waals surface area (Å²) in [5, 5.41) is 0. The zero-order valence-electron chi connectivity index (χ0n) is 8.82. The normalized spacial score (nSPS) is 33.1. The van der Waals surface area contributed by atoms with Gasteiger partial charge in [-0.05, 0) is 19.3 Å². The van der Waals surface area contributed by atoms with Gasteiger partial charge in [-0.3, -0.25) is 14.5 Å². The van der Waals surface area contributed by atoms with Gasteiger partial charge in [0.2, 0.25) is 5.91 Å². The van der Waals surface area contributed by atoms with E-state index >= 15 is 0 Å². The van der Waals surface area contributed by atoms with Gasteiger partial charge in [0.05, 0.1) is 13.0 Å². The van der Waals surface area contributed by atoms with Crippen LogP contribution in [-0.4, -0.2) is 53.2 Å². The number of carbonyl (C=O) groups excluding carboxylic acids is 2. The predicted molar refractivity (Wildman–Crippen MR) is 54.3 cm³/mol. The van der Waals surface area contributed by atoms with Crippen LogP contribution in [0.1, 0.15) is 25.7 Å². The van der Waals surface area contributed by atoms with Gasteiger partial charge in [-0.25, -0.2) is 0 Å². The zero-order valence-corrected chi connectivity index (χ0v) is 8.82. The van der Waals surface area contributed by atoms with Crippen molar-refractivity contribution in [2.45, 2.75) is 37.8 Å². The molecular formula is C11H16N2O2. The van der Waals surface area contributed by atoms with Gasteiger partial charge in [-0.15, -0.1) is 0 Å². The fourth-order valence-electron chi connectivity index (χ4n) is 2.73. The molecule has 2 heterocycles. The van der Waals surface area contributed by atoms with Gasteiger partial charge in [0, 0.05) is 25.2 Å². The lowest BCUT2D eigenvalue weighted by Gasteiger charge is -2.23. The maximum Gasteiger partial charge on any atom is 0.230 e. The van der Waals surface area contributed by atoms with E-state index in [9.17, 15) is 9.59 Å². The Morgan fingerprint density at radius 2 is 1.87 bits per heavy atom. The van der Waals surface area contributed by atoms with Gasteiger partial charge in [0.25, 0.3) is 0 Å². The van der Waals surface area contributed by atoms with Crippen molar-refractivity contribution in [1.29, 1.82) is 0 Å². The largest absolute Gasteiger partial charge is 0.331 e. The molecule has 1 atom stereocenters. The molecule has 4 heteroatoms. The summed E-state index contributed by atoms with van der Waals surface area (Å²) in [6.07, 6.45) is 3.83. The lowest BCUT2D eigenvalue weighted by Crippen LogP contribution is -2.39. The van der Waals surface area contributed by atoms with Crippen molar-refractivity contribution in [2.75, 3.05) is 19.6 Å². The zero-order chi connectivity index (χ0) is 10.4. The van der Waals surface area contributed by atoms with Crippen LogP contribution >= 0.6 is 0 Å². The van der Waals surface area contributed by atoms with E-state index in [2.05, 4.69) is 4.90 Å².